The number of carbonyl (C=O) groups is 1. The molecule has 1 atom stereocenters. The zero-order valence-corrected chi connectivity index (χ0v) is 20.3. The van der Waals surface area contributed by atoms with E-state index >= 15 is 0 Å². The Morgan fingerprint density at radius 2 is 1.57 bits per heavy atom. The highest BCUT2D eigenvalue weighted by Gasteiger charge is 2.22. The van der Waals surface area contributed by atoms with Crippen LogP contribution in [0.4, 0.5) is 0 Å². The van der Waals surface area contributed by atoms with Gasteiger partial charge in [0.1, 0.15) is 0 Å². The third-order valence-corrected chi connectivity index (χ3v) is 5.80. The van der Waals surface area contributed by atoms with Crippen LogP contribution in [0.2, 0.25) is 0 Å². The lowest BCUT2D eigenvalue weighted by atomic mass is 10.1. The second-order valence-electron chi connectivity index (χ2n) is 8.88. The number of amides is 1. The van der Waals surface area contributed by atoms with Crippen LogP contribution < -0.4 is 16.6 Å². The molecule has 1 heterocycles. The Morgan fingerprint density at radius 3 is 2.23 bits per heavy atom. The molecule has 0 fully saturated rings. The zero-order valence-electron chi connectivity index (χ0n) is 20.3. The quantitative estimate of drug-likeness (QED) is 0.466. The first-order chi connectivity index (χ1) is 16.7. The Bertz CT molecular complexity index is 1480. The van der Waals surface area contributed by atoms with Gasteiger partial charge in [0, 0.05) is 0 Å². The molecule has 1 aromatic heterocycles. The number of aromatic nitrogens is 3. The van der Waals surface area contributed by atoms with Gasteiger partial charge in [0.05, 0.1) is 18.3 Å². The first kappa shape index (κ1) is 23.9. The number of aryl methyl sites for hydroxylation is 3. The van der Waals surface area contributed by atoms with Crippen LogP contribution in [0, 0.1) is 20.8 Å². The minimum atomic E-state index is -0.727. The van der Waals surface area contributed by atoms with Gasteiger partial charge in [-0.25, -0.2) is 4.79 Å². The SMILES string of the molecule is Cc1cccc(Cn2c(=O)c(C(=O)N[C@H](C)c3ccccc3)nn(-c3cc(C)cc(C)c3)c2=O)c1. The minimum Gasteiger partial charge on any atom is -0.344 e. The molecule has 178 valence electrons. The van der Waals surface area contributed by atoms with Crippen molar-refractivity contribution in [2.45, 2.75) is 40.3 Å². The van der Waals surface area contributed by atoms with E-state index in [0.717, 1.165) is 37.1 Å². The molecule has 4 rings (SSSR count). The largest absolute Gasteiger partial charge is 0.352 e. The highest BCUT2D eigenvalue weighted by molar-refractivity contribution is 5.92. The van der Waals surface area contributed by atoms with Crippen molar-refractivity contribution in [1.82, 2.24) is 19.7 Å². The number of rotatable bonds is 6. The Labute approximate surface area is 203 Å². The maximum Gasteiger partial charge on any atom is 0.352 e. The second-order valence-corrected chi connectivity index (χ2v) is 8.88. The van der Waals surface area contributed by atoms with Crippen molar-refractivity contribution < 1.29 is 4.79 Å². The lowest BCUT2D eigenvalue weighted by Gasteiger charge is -2.16. The maximum atomic E-state index is 13.5. The van der Waals surface area contributed by atoms with E-state index in [1.165, 1.54) is 0 Å². The molecular formula is C28H28N4O3. The molecule has 0 bridgehead atoms. The highest BCUT2D eigenvalue weighted by atomic mass is 16.2. The molecule has 4 aromatic rings. The first-order valence-corrected chi connectivity index (χ1v) is 11.5. The van der Waals surface area contributed by atoms with E-state index in [-0.39, 0.29) is 18.3 Å². The fourth-order valence-corrected chi connectivity index (χ4v) is 4.12. The van der Waals surface area contributed by atoms with Gasteiger partial charge in [0.25, 0.3) is 11.5 Å². The van der Waals surface area contributed by atoms with Crippen molar-refractivity contribution >= 4 is 5.91 Å². The van der Waals surface area contributed by atoms with Crippen LogP contribution in [0.1, 0.15) is 51.3 Å². The highest BCUT2D eigenvalue weighted by Crippen LogP contribution is 2.13. The van der Waals surface area contributed by atoms with E-state index in [0.29, 0.717) is 5.69 Å². The number of carbonyl (C=O) groups excluding carboxylic acids is 1. The molecule has 0 radical (unpaired) electrons. The number of benzene rings is 3. The van der Waals surface area contributed by atoms with E-state index in [4.69, 9.17) is 0 Å². The van der Waals surface area contributed by atoms with Crippen molar-refractivity contribution in [3.63, 3.8) is 0 Å². The summed E-state index contributed by atoms with van der Waals surface area (Å²) in [5.74, 6) is -0.637. The molecule has 7 nitrogen and oxygen atoms in total. The smallest absolute Gasteiger partial charge is 0.344 e. The summed E-state index contributed by atoms with van der Waals surface area (Å²) in [7, 11) is 0. The van der Waals surface area contributed by atoms with E-state index in [1.807, 2.05) is 88.4 Å². The van der Waals surface area contributed by atoms with Crippen LogP contribution in [-0.4, -0.2) is 20.3 Å². The average Bonchev–Trinajstić information content (AvgIpc) is 2.81. The van der Waals surface area contributed by atoms with Gasteiger partial charge in [-0.2, -0.15) is 9.78 Å². The van der Waals surface area contributed by atoms with Gasteiger partial charge in [0.15, 0.2) is 0 Å². The molecule has 1 N–H and O–H groups in total. The predicted octanol–water partition coefficient (Wildman–Crippen LogP) is 3.86. The van der Waals surface area contributed by atoms with Crippen molar-refractivity contribution in [1.29, 1.82) is 0 Å². The number of hydrogen-bond acceptors (Lipinski definition) is 4. The summed E-state index contributed by atoms with van der Waals surface area (Å²) in [6.07, 6.45) is 0. The molecule has 0 spiro atoms. The van der Waals surface area contributed by atoms with Crippen LogP contribution in [-0.2, 0) is 6.54 Å². The van der Waals surface area contributed by atoms with Gasteiger partial charge in [-0.15, -0.1) is 0 Å². The number of hydrogen-bond donors (Lipinski definition) is 1. The summed E-state index contributed by atoms with van der Waals surface area (Å²) in [6, 6.07) is 22.2. The van der Waals surface area contributed by atoms with Gasteiger partial charge < -0.3 is 5.32 Å². The molecule has 0 saturated carbocycles. The summed E-state index contributed by atoms with van der Waals surface area (Å²) >= 11 is 0. The molecule has 0 unspecified atom stereocenters. The van der Waals surface area contributed by atoms with Crippen LogP contribution in [0.15, 0.2) is 82.4 Å². The minimum absolute atomic E-state index is 0.0290. The third kappa shape index (κ3) is 5.30. The lowest BCUT2D eigenvalue weighted by molar-refractivity contribution is 0.0930. The van der Waals surface area contributed by atoms with E-state index in [9.17, 15) is 14.4 Å². The Hall–Kier alpha value is -4.26. The predicted molar refractivity (Wildman–Crippen MR) is 136 cm³/mol. The van der Waals surface area contributed by atoms with Gasteiger partial charge in [0.2, 0.25) is 5.69 Å². The second kappa shape index (κ2) is 9.93. The molecule has 1 amide bonds. The average molecular weight is 469 g/mol. The van der Waals surface area contributed by atoms with Crippen molar-refractivity contribution in [2.75, 3.05) is 0 Å². The maximum absolute atomic E-state index is 13.5. The fraction of sp³-hybridized carbons (Fsp3) is 0.214. The van der Waals surface area contributed by atoms with Gasteiger partial charge >= 0.3 is 5.69 Å². The molecule has 0 saturated heterocycles. The summed E-state index contributed by atoms with van der Waals surface area (Å²) in [5.41, 5.74) is 3.39. The van der Waals surface area contributed by atoms with Crippen LogP contribution >= 0.6 is 0 Å². The number of nitrogens with one attached hydrogen (secondary N) is 1. The van der Waals surface area contributed by atoms with Crippen molar-refractivity contribution in [3.05, 3.63) is 127 Å². The van der Waals surface area contributed by atoms with Crippen molar-refractivity contribution in [2.24, 2.45) is 0 Å². The van der Waals surface area contributed by atoms with Crippen molar-refractivity contribution in [3.8, 4) is 5.69 Å². The Morgan fingerprint density at radius 1 is 0.886 bits per heavy atom. The molecule has 3 aromatic carbocycles. The first-order valence-electron chi connectivity index (χ1n) is 11.5. The van der Waals surface area contributed by atoms with Crippen LogP contribution in [0.3, 0.4) is 0 Å². The van der Waals surface area contributed by atoms with E-state index < -0.39 is 17.2 Å². The standard InChI is InChI=1S/C28H28N4O3/c1-18-9-8-10-22(14-18)17-31-27(34)25(26(33)29-21(4)23-11-6-5-7-12-23)30-32(28(31)35)24-15-19(2)13-20(3)16-24/h5-16,21H,17H2,1-4H3,(H,29,33)/t21-/m1/s1. The fourth-order valence-electron chi connectivity index (χ4n) is 4.12. The van der Waals surface area contributed by atoms with E-state index in [1.54, 1.807) is 12.1 Å². The normalized spacial score (nSPS) is 11.8. The van der Waals surface area contributed by atoms with Crippen LogP contribution in [0.25, 0.3) is 5.69 Å². The Balaban J connectivity index is 1.84. The topological polar surface area (TPSA) is 86.0 Å². The van der Waals surface area contributed by atoms with Gasteiger partial charge in [-0.1, -0.05) is 66.2 Å². The van der Waals surface area contributed by atoms with Gasteiger partial charge in [-0.3, -0.25) is 14.2 Å². The number of nitrogens with zero attached hydrogens (tertiary/aromatic N) is 3. The summed E-state index contributed by atoms with van der Waals surface area (Å²) in [4.78, 5) is 40.1. The molecule has 35 heavy (non-hydrogen) atoms. The summed E-state index contributed by atoms with van der Waals surface area (Å²) in [6.45, 7) is 7.63. The Kier molecular flexibility index (Phi) is 6.78. The molecule has 7 heteroatoms. The molecule has 0 aliphatic rings. The third-order valence-electron chi connectivity index (χ3n) is 5.80. The summed E-state index contributed by atoms with van der Waals surface area (Å²) < 4.78 is 2.21. The molecular weight excluding hydrogens is 440 g/mol. The van der Waals surface area contributed by atoms with Crippen LogP contribution in [0.5, 0.6) is 0 Å². The molecule has 0 aliphatic heterocycles. The lowest BCUT2D eigenvalue weighted by Crippen LogP contribution is -2.46. The van der Waals surface area contributed by atoms with E-state index in [2.05, 4.69) is 10.4 Å². The molecule has 0 aliphatic carbocycles. The summed E-state index contributed by atoms with van der Waals surface area (Å²) in [5, 5.41) is 7.09. The monoisotopic (exact) mass is 468 g/mol. The van der Waals surface area contributed by atoms with Gasteiger partial charge in [-0.05, 0) is 62.1 Å². The zero-order chi connectivity index (χ0) is 25.1.